The van der Waals surface area contributed by atoms with Crippen LogP contribution < -0.4 is 15.1 Å². The number of urea groups is 1. The Kier molecular flexibility index (Phi) is 4.78. The second-order valence-corrected chi connectivity index (χ2v) is 8.47. The van der Waals surface area contributed by atoms with Crippen molar-refractivity contribution in [2.75, 3.05) is 28.2 Å². The molecule has 2 amide bonds. The van der Waals surface area contributed by atoms with Crippen molar-refractivity contribution < 1.29 is 19.1 Å². The van der Waals surface area contributed by atoms with Crippen LogP contribution in [0.4, 0.5) is 26.5 Å². The number of hydrogen-bond acceptors (Lipinski definition) is 7. The molecule has 164 valence electrons. The minimum atomic E-state index is -1.52. The van der Waals surface area contributed by atoms with Gasteiger partial charge in [0.2, 0.25) is 0 Å². The van der Waals surface area contributed by atoms with E-state index in [1.54, 1.807) is 6.07 Å². The van der Waals surface area contributed by atoms with E-state index in [4.69, 9.17) is 0 Å². The number of aromatic nitrogens is 2. The molecule has 2 aromatic heterocycles. The van der Waals surface area contributed by atoms with Gasteiger partial charge in [-0.15, -0.1) is 0 Å². The van der Waals surface area contributed by atoms with Gasteiger partial charge in [0.1, 0.15) is 29.1 Å². The van der Waals surface area contributed by atoms with Crippen molar-refractivity contribution in [2.24, 2.45) is 0 Å². The van der Waals surface area contributed by atoms with Crippen LogP contribution in [0.25, 0.3) is 0 Å². The van der Waals surface area contributed by atoms with Crippen molar-refractivity contribution in [2.45, 2.75) is 43.5 Å². The first kappa shape index (κ1) is 20.3. The lowest BCUT2D eigenvalue weighted by Gasteiger charge is -2.52. The molecule has 6 rings (SSSR count). The highest BCUT2D eigenvalue weighted by Crippen LogP contribution is 2.55. The van der Waals surface area contributed by atoms with Crippen molar-refractivity contribution in [3.05, 3.63) is 41.2 Å². The largest absolute Gasteiger partial charge is 0.393 e. The summed E-state index contributed by atoms with van der Waals surface area (Å²) in [6.07, 6.45) is 3.15. The minimum Gasteiger partial charge on any atom is -0.393 e. The Morgan fingerprint density at radius 2 is 2.09 bits per heavy atom. The van der Waals surface area contributed by atoms with Crippen LogP contribution in [0.5, 0.6) is 0 Å². The van der Waals surface area contributed by atoms with E-state index < -0.39 is 11.7 Å². The first-order chi connectivity index (χ1) is 15.4. The Bertz CT molecular complexity index is 1130. The third kappa shape index (κ3) is 3.26. The number of nitrogens with zero attached hydrogens (tertiary/aromatic N) is 5. The molecule has 0 spiro atoms. The summed E-state index contributed by atoms with van der Waals surface area (Å²) in [4.78, 5) is 36.1. The number of nitrogens with one attached hydrogen (secondary N) is 1. The van der Waals surface area contributed by atoms with E-state index in [0.29, 0.717) is 49.0 Å². The third-order valence-corrected chi connectivity index (χ3v) is 6.47. The summed E-state index contributed by atoms with van der Waals surface area (Å²) in [6.45, 7) is 1.18. The predicted molar refractivity (Wildman–Crippen MR) is 113 cm³/mol. The predicted octanol–water partition coefficient (Wildman–Crippen LogP) is 2.50. The molecule has 9 nitrogen and oxygen atoms in total. The first-order valence-corrected chi connectivity index (χ1v) is 10.5. The molecule has 32 heavy (non-hydrogen) atoms. The molecule has 1 aliphatic carbocycles. The summed E-state index contributed by atoms with van der Waals surface area (Å²) in [5.41, 5.74) is -0.0829. The number of aliphatic hydroxyl groups is 1. The highest BCUT2D eigenvalue weighted by Gasteiger charge is 2.57. The number of hydrogen-bond donors (Lipinski definition) is 2. The number of alkyl halides is 1. The molecule has 1 saturated heterocycles. The Morgan fingerprint density at radius 3 is 2.78 bits per heavy atom. The quantitative estimate of drug-likeness (QED) is 0.709. The number of piperidine rings is 1. The van der Waals surface area contributed by atoms with Crippen LogP contribution in [0.15, 0.2) is 24.4 Å². The highest BCUT2D eigenvalue weighted by atomic mass is 19.1. The number of rotatable bonds is 3. The number of carbonyl (C=O) groups is 2. The Hall–Kier alpha value is -3.58. The van der Waals surface area contributed by atoms with Gasteiger partial charge in [0.05, 0.1) is 17.4 Å². The van der Waals surface area contributed by atoms with Gasteiger partial charge in [-0.05, 0) is 25.0 Å². The van der Waals surface area contributed by atoms with Gasteiger partial charge in [-0.3, -0.25) is 15.0 Å². The summed E-state index contributed by atoms with van der Waals surface area (Å²) in [5, 5.41) is 22.0. The monoisotopic (exact) mass is 436 g/mol. The lowest BCUT2D eigenvalue weighted by molar-refractivity contribution is 0.0284. The maximum atomic E-state index is 15.0. The minimum absolute atomic E-state index is 0.123. The number of amides is 2. The molecule has 0 unspecified atom stereocenters. The van der Waals surface area contributed by atoms with Crippen molar-refractivity contribution >= 4 is 29.6 Å². The summed E-state index contributed by atoms with van der Waals surface area (Å²) < 4.78 is 15.0. The van der Waals surface area contributed by atoms with Gasteiger partial charge in [0.15, 0.2) is 6.29 Å². The van der Waals surface area contributed by atoms with Gasteiger partial charge in [-0.2, -0.15) is 5.26 Å². The van der Waals surface area contributed by atoms with Crippen LogP contribution >= 0.6 is 0 Å². The average molecular weight is 436 g/mol. The molecular weight excluding hydrogens is 415 g/mol. The van der Waals surface area contributed by atoms with E-state index in [9.17, 15) is 20.0 Å². The van der Waals surface area contributed by atoms with Crippen LogP contribution in [0, 0.1) is 11.3 Å². The fraction of sp³-hybridized carbons (Fsp3) is 0.409. The standard InChI is InChI=1S/C22H21FN6O3/c23-22-8-15(9-22)29(20-17(22)2-1-14(12-30)26-20)21(32)27-19-7-18(13(10-24)11-25-19)28-5-3-16(31)4-6-28/h1-2,7,11-12,15-16,31H,3-6,8-9H2,(H,25,27,32). The molecule has 4 aliphatic rings. The van der Waals surface area contributed by atoms with Gasteiger partial charge < -0.3 is 10.0 Å². The number of anilines is 3. The zero-order chi connectivity index (χ0) is 22.5. The molecule has 2 bridgehead atoms. The number of aliphatic hydroxyl groups excluding tert-OH is 1. The normalized spacial score (nSPS) is 24.2. The van der Waals surface area contributed by atoms with E-state index in [-0.39, 0.29) is 42.3 Å². The molecule has 2 N–H and O–H groups in total. The number of pyridine rings is 2. The topological polar surface area (TPSA) is 122 Å². The van der Waals surface area contributed by atoms with Crippen molar-refractivity contribution in [1.29, 1.82) is 5.26 Å². The van der Waals surface area contributed by atoms with Gasteiger partial charge >= 0.3 is 6.03 Å². The van der Waals surface area contributed by atoms with Crippen molar-refractivity contribution in [1.82, 2.24) is 9.97 Å². The summed E-state index contributed by atoms with van der Waals surface area (Å²) in [5.74, 6) is 0.399. The van der Waals surface area contributed by atoms with Crippen LogP contribution in [-0.2, 0) is 5.67 Å². The molecule has 0 atom stereocenters. The second-order valence-electron chi connectivity index (χ2n) is 8.47. The van der Waals surface area contributed by atoms with Gasteiger partial charge in [0.25, 0.3) is 0 Å². The molecule has 0 radical (unpaired) electrons. The lowest BCUT2D eigenvalue weighted by atomic mass is 9.69. The average Bonchev–Trinajstić information content (AvgIpc) is 2.78. The maximum Gasteiger partial charge on any atom is 0.328 e. The number of aldehydes is 1. The van der Waals surface area contributed by atoms with E-state index in [2.05, 4.69) is 21.4 Å². The summed E-state index contributed by atoms with van der Waals surface area (Å²) in [6, 6.07) is 5.84. The number of halogens is 1. The number of nitriles is 1. The third-order valence-electron chi connectivity index (χ3n) is 6.47. The molecule has 5 heterocycles. The van der Waals surface area contributed by atoms with Crippen LogP contribution in [0.2, 0.25) is 0 Å². The van der Waals surface area contributed by atoms with E-state index >= 15 is 4.39 Å². The van der Waals surface area contributed by atoms with Crippen LogP contribution in [0.3, 0.4) is 0 Å². The molecule has 2 fully saturated rings. The zero-order valence-electron chi connectivity index (χ0n) is 17.2. The fourth-order valence-electron chi connectivity index (χ4n) is 4.72. The summed E-state index contributed by atoms with van der Waals surface area (Å²) in [7, 11) is 0. The van der Waals surface area contributed by atoms with Crippen LogP contribution in [-0.4, -0.2) is 52.6 Å². The highest BCUT2D eigenvalue weighted by molar-refractivity contribution is 6.03. The van der Waals surface area contributed by atoms with Crippen molar-refractivity contribution in [3.8, 4) is 6.07 Å². The smallest absolute Gasteiger partial charge is 0.328 e. The second kappa shape index (κ2) is 7.53. The molecule has 1 saturated carbocycles. The fourth-order valence-corrected chi connectivity index (χ4v) is 4.72. The molecule has 0 aromatic carbocycles. The molecule has 10 heteroatoms. The first-order valence-electron chi connectivity index (χ1n) is 10.5. The van der Waals surface area contributed by atoms with Gasteiger partial charge in [0, 0.05) is 49.8 Å². The SMILES string of the molecule is N#Cc1cnc(NC(=O)N2c3nc(C=O)ccc3C3(F)CC2C3)cc1N1CCC(O)CC1. The van der Waals surface area contributed by atoms with E-state index in [1.165, 1.54) is 23.2 Å². The Balaban J connectivity index is 1.43. The maximum absolute atomic E-state index is 15.0. The number of carbonyl (C=O) groups excluding carboxylic acids is 2. The van der Waals surface area contributed by atoms with Gasteiger partial charge in [-0.1, -0.05) is 0 Å². The zero-order valence-corrected chi connectivity index (χ0v) is 17.2. The summed E-state index contributed by atoms with van der Waals surface area (Å²) >= 11 is 0. The van der Waals surface area contributed by atoms with Gasteiger partial charge in [-0.25, -0.2) is 19.2 Å². The Morgan fingerprint density at radius 1 is 1.34 bits per heavy atom. The lowest BCUT2D eigenvalue weighted by Crippen LogP contribution is -2.60. The van der Waals surface area contributed by atoms with Crippen molar-refractivity contribution in [3.63, 3.8) is 0 Å². The Labute approximate surface area is 183 Å². The molecule has 3 aliphatic heterocycles. The van der Waals surface area contributed by atoms with Crippen LogP contribution in [0.1, 0.15) is 47.3 Å². The van der Waals surface area contributed by atoms with E-state index in [1.807, 2.05) is 4.90 Å². The molecule has 2 aromatic rings. The van der Waals surface area contributed by atoms with E-state index in [0.717, 1.165) is 0 Å². The molecular formula is C22H21FN6O3.